The van der Waals surface area contributed by atoms with Crippen molar-refractivity contribution in [2.45, 2.75) is 0 Å². The Balaban J connectivity index is 2.36. The lowest BCUT2D eigenvalue weighted by molar-refractivity contribution is 0.0697. The molecular formula is C14H9BrClNO4. The van der Waals surface area contributed by atoms with Crippen molar-refractivity contribution in [1.82, 2.24) is 0 Å². The molecule has 0 atom stereocenters. The number of carboxylic acids is 1. The van der Waals surface area contributed by atoms with E-state index in [1.165, 1.54) is 18.2 Å². The summed E-state index contributed by atoms with van der Waals surface area (Å²) < 4.78 is 0.528. The number of carbonyl (C=O) groups excluding carboxylic acids is 1. The SMILES string of the molecule is O=C(Nc1ccc(O)cc1C(=O)O)c1cc(Cl)ccc1Br. The second-order valence-electron chi connectivity index (χ2n) is 4.11. The average Bonchev–Trinajstić information content (AvgIpc) is 2.43. The third-order valence-electron chi connectivity index (χ3n) is 2.65. The molecule has 0 saturated carbocycles. The van der Waals surface area contributed by atoms with Gasteiger partial charge in [0.05, 0.1) is 16.8 Å². The summed E-state index contributed by atoms with van der Waals surface area (Å²) in [5.74, 6) is -1.97. The highest BCUT2D eigenvalue weighted by molar-refractivity contribution is 9.10. The predicted molar refractivity (Wildman–Crippen MR) is 82.2 cm³/mol. The van der Waals surface area contributed by atoms with Gasteiger partial charge in [0, 0.05) is 9.50 Å². The summed E-state index contributed by atoms with van der Waals surface area (Å²) in [6, 6.07) is 8.36. The maximum Gasteiger partial charge on any atom is 0.337 e. The van der Waals surface area contributed by atoms with E-state index in [2.05, 4.69) is 21.2 Å². The number of aromatic hydroxyl groups is 1. The van der Waals surface area contributed by atoms with Gasteiger partial charge in [-0.1, -0.05) is 11.6 Å². The molecule has 0 unspecified atom stereocenters. The van der Waals surface area contributed by atoms with Crippen LogP contribution in [0.5, 0.6) is 5.75 Å². The largest absolute Gasteiger partial charge is 0.508 e. The van der Waals surface area contributed by atoms with Crippen LogP contribution >= 0.6 is 27.5 Å². The van der Waals surface area contributed by atoms with E-state index in [0.29, 0.717) is 9.50 Å². The zero-order valence-corrected chi connectivity index (χ0v) is 12.8. The minimum atomic E-state index is -1.26. The van der Waals surface area contributed by atoms with Gasteiger partial charge in [-0.05, 0) is 52.3 Å². The van der Waals surface area contributed by atoms with Crippen LogP contribution in [0.2, 0.25) is 5.02 Å². The standard InChI is InChI=1S/C14H9BrClNO4/c15-11-3-1-7(16)5-9(11)13(19)17-12-4-2-8(18)6-10(12)14(20)21/h1-6,18H,(H,17,19)(H,20,21). The zero-order chi connectivity index (χ0) is 15.6. The number of phenols is 1. The molecule has 1 amide bonds. The van der Waals surface area contributed by atoms with E-state index in [-0.39, 0.29) is 22.6 Å². The average molecular weight is 371 g/mol. The van der Waals surface area contributed by atoms with Crippen molar-refractivity contribution in [1.29, 1.82) is 0 Å². The van der Waals surface area contributed by atoms with Crippen molar-refractivity contribution >= 4 is 45.1 Å². The van der Waals surface area contributed by atoms with Gasteiger partial charge in [-0.3, -0.25) is 4.79 Å². The smallest absolute Gasteiger partial charge is 0.337 e. The van der Waals surface area contributed by atoms with Gasteiger partial charge in [-0.25, -0.2) is 4.79 Å². The fraction of sp³-hybridized carbons (Fsp3) is 0. The number of phenolic OH excluding ortho intramolecular Hbond substituents is 1. The van der Waals surface area contributed by atoms with Crippen molar-refractivity contribution in [2.75, 3.05) is 5.32 Å². The Kier molecular flexibility index (Phi) is 4.50. The number of anilines is 1. The van der Waals surface area contributed by atoms with Crippen LogP contribution in [0.3, 0.4) is 0 Å². The molecule has 2 aromatic rings. The monoisotopic (exact) mass is 369 g/mol. The first kappa shape index (κ1) is 15.3. The van der Waals surface area contributed by atoms with Crippen molar-refractivity contribution in [3.05, 3.63) is 57.0 Å². The van der Waals surface area contributed by atoms with Gasteiger partial charge < -0.3 is 15.5 Å². The Labute approximate surface area is 133 Å². The van der Waals surface area contributed by atoms with E-state index in [4.69, 9.17) is 16.7 Å². The van der Waals surface area contributed by atoms with Crippen LogP contribution in [0.1, 0.15) is 20.7 Å². The molecule has 7 heteroatoms. The first-order chi connectivity index (χ1) is 9.88. The van der Waals surface area contributed by atoms with Gasteiger partial charge in [0.2, 0.25) is 0 Å². The van der Waals surface area contributed by atoms with Crippen LogP contribution in [0, 0.1) is 0 Å². The number of aromatic carboxylic acids is 1. The highest BCUT2D eigenvalue weighted by Gasteiger charge is 2.16. The summed E-state index contributed by atoms with van der Waals surface area (Å²) in [5.41, 5.74) is 0.144. The number of carboxylic acid groups (broad SMARTS) is 1. The highest BCUT2D eigenvalue weighted by Crippen LogP contribution is 2.25. The van der Waals surface area contributed by atoms with Crippen molar-refractivity contribution in [3.8, 4) is 5.75 Å². The van der Waals surface area contributed by atoms with Gasteiger partial charge in [0.1, 0.15) is 5.75 Å². The lowest BCUT2D eigenvalue weighted by Gasteiger charge is -2.10. The summed E-state index contributed by atoms with van der Waals surface area (Å²) in [5, 5.41) is 21.3. The number of carbonyl (C=O) groups is 2. The number of halogens is 2. The molecule has 0 aliphatic rings. The van der Waals surface area contributed by atoms with Crippen LogP contribution in [-0.4, -0.2) is 22.1 Å². The van der Waals surface area contributed by atoms with Gasteiger partial charge in [0.15, 0.2) is 0 Å². The van der Waals surface area contributed by atoms with E-state index in [1.54, 1.807) is 12.1 Å². The molecule has 5 nitrogen and oxygen atoms in total. The quantitative estimate of drug-likeness (QED) is 0.718. The molecular weight excluding hydrogens is 362 g/mol. The normalized spacial score (nSPS) is 10.2. The summed E-state index contributed by atoms with van der Waals surface area (Å²) in [6.07, 6.45) is 0. The van der Waals surface area contributed by atoms with Gasteiger partial charge in [-0.15, -0.1) is 0 Å². The summed E-state index contributed by atoms with van der Waals surface area (Å²) in [6.45, 7) is 0. The number of amides is 1. The Morgan fingerprint density at radius 1 is 1.10 bits per heavy atom. The van der Waals surface area contributed by atoms with Crippen LogP contribution in [0.4, 0.5) is 5.69 Å². The number of rotatable bonds is 3. The second-order valence-corrected chi connectivity index (χ2v) is 5.40. The third-order valence-corrected chi connectivity index (χ3v) is 3.58. The van der Waals surface area contributed by atoms with E-state index < -0.39 is 11.9 Å². The molecule has 0 bridgehead atoms. The van der Waals surface area contributed by atoms with Crippen LogP contribution < -0.4 is 5.32 Å². The number of nitrogens with one attached hydrogen (secondary N) is 1. The molecule has 0 aliphatic heterocycles. The fourth-order valence-electron chi connectivity index (χ4n) is 1.68. The van der Waals surface area contributed by atoms with E-state index in [9.17, 15) is 14.7 Å². The van der Waals surface area contributed by atoms with E-state index in [0.717, 1.165) is 6.07 Å². The van der Waals surface area contributed by atoms with Gasteiger partial charge in [-0.2, -0.15) is 0 Å². The third kappa shape index (κ3) is 3.53. The van der Waals surface area contributed by atoms with Gasteiger partial charge in [0.25, 0.3) is 5.91 Å². The molecule has 2 rings (SSSR count). The lowest BCUT2D eigenvalue weighted by atomic mass is 10.1. The minimum Gasteiger partial charge on any atom is -0.508 e. The predicted octanol–water partition coefficient (Wildman–Crippen LogP) is 3.76. The zero-order valence-electron chi connectivity index (χ0n) is 10.4. The molecule has 0 fully saturated rings. The molecule has 0 spiro atoms. The molecule has 0 aliphatic carbocycles. The van der Waals surface area contributed by atoms with Crippen molar-refractivity contribution < 1.29 is 19.8 Å². The maximum atomic E-state index is 12.2. The Hall–Kier alpha value is -2.05. The maximum absolute atomic E-state index is 12.2. The van der Waals surface area contributed by atoms with E-state index in [1.807, 2.05) is 0 Å². The highest BCUT2D eigenvalue weighted by atomic mass is 79.9. The molecule has 3 N–H and O–H groups in total. The number of hydrogen-bond acceptors (Lipinski definition) is 3. The lowest BCUT2D eigenvalue weighted by Crippen LogP contribution is -2.15. The van der Waals surface area contributed by atoms with Gasteiger partial charge >= 0.3 is 5.97 Å². The summed E-state index contributed by atoms with van der Waals surface area (Å²) in [4.78, 5) is 23.3. The molecule has 0 saturated heterocycles. The summed E-state index contributed by atoms with van der Waals surface area (Å²) >= 11 is 9.07. The molecule has 2 aromatic carbocycles. The molecule has 0 aromatic heterocycles. The molecule has 0 radical (unpaired) electrons. The fourth-order valence-corrected chi connectivity index (χ4v) is 2.28. The number of hydrogen-bond donors (Lipinski definition) is 3. The molecule has 21 heavy (non-hydrogen) atoms. The van der Waals surface area contributed by atoms with Crippen LogP contribution in [0.15, 0.2) is 40.9 Å². The first-order valence-electron chi connectivity index (χ1n) is 5.71. The van der Waals surface area contributed by atoms with Crippen molar-refractivity contribution in [3.63, 3.8) is 0 Å². The van der Waals surface area contributed by atoms with Crippen LogP contribution in [-0.2, 0) is 0 Å². The first-order valence-corrected chi connectivity index (χ1v) is 6.88. The Bertz CT molecular complexity index is 733. The molecule has 0 heterocycles. The second kappa shape index (κ2) is 6.15. The molecule has 108 valence electrons. The minimum absolute atomic E-state index is 0.0807. The van der Waals surface area contributed by atoms with Crippen LogP contribution in [0.25, 0.3) is 0 Å². The van der Waals surface area contributed by atoms with E-state index >= 15 is 0 Å². The number of benzene rings is 2. The topological polar surface area (TPSA) is 86.6 Å². The Morgan fingerprint density at radius 3 is 2.48 bits per heavy atom. The Morgan fingerprint density at radius 2 is 1.81 bits per heavy atom. The van der Waals surface area contributed by atoms with Crippen molar-refractivity contribution in [2.24, 2.45) is 0 Å². The summed E-state index contributed by atoms with van der Waals surface area (Å²) in [7, 11) is 0.